The molecule has 0 aliphatic carbocycles. The summed E-state index contributed by atoms with van der Waals surface area (Å²) in [6.45, 7) is 0. The first-order chi connectivity index (χ1) is 11.3. The molecule has 3 heteroatoms. The zero-order valence-corrected chi connectivity index (χ0v) is 12.3. The monoisotopic (exact) mass is 297 g/mol. The summed E-state index contributed by atoms with van der Waals surface area (Å²) in [5.74, 6) is 0. The summed E-state index contributed by atoms with van der Waals surface area (Å²) in [5, 5.41) is 4.34. The molecule has 0 radical (unpaired) electrons. The summed E-state index contributed by atoms with van der Waals surface area (Å²) >= 11 is 0. The third-order valence-corrected chi connectivity index (χ3v) is 4.45. The minimum absolute atomic E-state index is 0.0462. The van der Waals surface area contributed by atoms with Crippen LogP contribution in [0.5, 0.6) is 0 Å². The van der Waals surface area contributed by atoms with Crippen LogP contribution in [0.1, 0.15) is 0 Å². The van der Waals surface area contributed by atoms with E-state index in [2.05, 4.69) is 18.2 Å². The van der Waals surface area contributed by atoms with Crippen molar-refractivity contribution in [3.63, 3.8) is 0 Å². The lowest BCUT2D eigenvalue weighted by atomic mass is 10.1. The highest BCUT2D eigenvalue weighted by atomic mass is 16.1. The van der Waals surface area contributed by atoms with Gasteiger partial charge in [0.1, 0.15) is 18.1 Å². The molecule has 0 atom stereocenters. The van der Waals surface area contributed by atoms with Crippen molar-refractivity contribution in [2.45, 2.75) is 0 Å². The maximum atomic E-state index is 13.0. The molecule has 0 N–H and O–H groups in total. The van der Waals surface area contributed by atoms with Gasteiger partial charge in [-0.05, 0) is 23.6 Å². The van der Waals surface area contributed by atoms with E-state index in [1.807, 2.05) is 60.9 Å². The van der Waals surface area contributed by atoms with Crippen LogP contribution in [0.4, 0.5) is 0 Å². The second-order valence-corrected chi connectivity index (χ2v) is 5.75. The fraction of sp³-hybridized carbons (Fsp3) is 0. The molecule has 5 rings (SSSR count). The van der Waals surface area contributed by atoms with Gasteiger partial charge in [0.15, 0.2) is 5.52 Å². The van der Waals surface area contributed by atoms with Gasteiger partial charge < -0.3 is 0 Å². The predicted octanol–water partition coefficient (Wildman–Crippen LogP) is 3.32. The molecule has 0 fully saturated rings. The molecule has 23 heavy (non-hydrogen) atoms. The van der Waals surface area contributed by atoms with Crippen LogP contribution in [-0.4, -0.2) is 4.40 Å². The Labute approximate surface area is 132 Å². The second-order valence-electron chi connectivity index (χ2n) is 5.75. The van der Waals surface area contributed by atoms with Crippen LogP contribution >= 0.6 is 0 Å². The van der Waals surface area contributed by atoms with Crippen molar-refractivity contribution >= 4 is 27.1 Å². The Hall–Kier alpha value is -3.20. The number of para-hydroxylation sites is 1. The van der Waals surface area contributed by atoms with E-state index in [1.165, 1.54) is 0 Å². The van der Waals surface area contributed by atoms with Gasteiger partial charge in [0.2, 0.25) is 0 Å². The molecule has 2 aromatic heterocycles. The molecule has 2 heterocycles. The highest BCUT2D eigenvalue weighted by Crippen LogP contribution is 2.21. The van der Waals surface area contributed by atoms with Crippen LogP contribution in [0.2, 0.25) is 0 Å². The molecule has 108 valence electrons. The van der Waals surface area contributed by atoms with Gasteiger partial charge in [-0.2, -0.15) is 13.8 Å². The molecule has 5 aromatic rings. The van der Waals surface area contributed by atoms with E-state index >= 15 is 0 Å². The van der Waals surface area contributed by atoms with Crippen LogP contribution in [-0.2, 0) is 0 Å². The summed E-state index contributed by atoms with van der Waals surface area (Å²) in [4.78, 5) is 13.0. The van der Waals surface area contributed by atoms with E-state index in [0.29, 0.717) is 0 Å². The lowest BCUT2D eigenvalue weighted by Gasteiger charge is -2.05. The summed E-state index contributed by atoms with van der Waals surface area (Å²) < 4.78 is 3.47. The number of hydrogen-bond acceptors (Lipinski definition) is 1. The largest absolute Gasteiger partial charge is 0.508 e. The van der Waals surface area contributed by atoms with Gasteiger partial charge in [0.25, 0.3) is 0 Å². The summed E-state index contributed by atoms with van der Waals surface area (Å²) in [6.07, 6.45) is 3.79. The van der Waals surface area contributed by atoms with Gasteiger partial charge in [-0.1, -0.05) is 48.5 Å². The molecule has 0 saturated heterocycles. The highest BCUT2D eigenvalue weighted by molar-refractivity contribution is 5.95. The second kappa shape index (κ2) is 4.40. The number of nitrogens with zero attached hydrogens (tertiary/aromatic N) is 2. The Morgan fingerprint density at radius 3 is 2.43 bits per heavy atom. The number of aromatic nitrogens is 2. The SMILES string of the molecule is O=c1n2ccc3cccc(c[n+]1-c1cccc4ccccc14)c32. The minimum Gasteiger partial charge on any atom is -0.196 e. The Balaban J connectivity index is 1.96. The van der Waals surface area contributed by atoms with Crippen molar-refractivity contribution in [2.24, 2.45) is 0 Å². The van der Waals surface area contributed by atoms with Crippen LogP contribution < -0.4 is 10.3 Å². The normalized spacial score (nSPS) is 11.7. The van der Waals surface area contributed by atoms with Gasteiger partial charge in [-0.25, -0.2) is 0 Å². The Morgan fingerprint density at radius 1 is 0.739 bits per heavy atom. The van der Waals surface area contributed by atoms with Crippen molar-refractivity contribution < 1.29 is 4.57 Å². The van der Waals surface area contributed by atoms with E-state index < -0.39 is 0 Å². The fourth-order valence-electron chi connectivity index (χ4n) is 3.39. The molecule has 0 unspecified atom stereocenters. The molecule has 0 amide bonds. The lowest BCUT2D eigenvalue weighted by Crippen LogP contribution is -2.50. The summed E-state index contributed by atoms with van der Waals surface area (Å²) in [7, 11) is 0. The first-order valence-electron chi connectivity index (χ1n) is 7.59. The maximum absolute atomic E-state index is 13.0. The van der Waals surface area contributed by atoms with Gasteiger partial charge in [0.05, 0.1) is 5.39 Å². The predicted molar refractivity (Wildman–Crippen MR) is 91.4 cm³/mol. The van der Waals surface area contributed by atoms with E-state index in [4.69, 9.17) is 0 Å². The molecule has 0 aliphatic rings. The van der Waals surface area contributed by atoms with E-state index in [-0.39, 0.29) is 5.69 Å². The van der Waals surface area contributed by atoms with Gasteiger partial charge in [-0.15, -0.1) is 0 Å². The fourth-order valence-corrected chi connectivity index (χ4v) is 3.39. The van der Waals surface area contributed by atoms with Crippen molar-refractivity contribution in [2.75, 3.05) is 0 Å². The number of fused-ring (bicyclic) bond motifs is 1. The average Bonchev–Trinajstić information content (AvgIpc) is 3.03. The molecule has 0 spiro atoms. The Kier molecular flexibility index (Phi) is 2.36. The van der Waals surface area contributed by atoms with Crippen LogP contribution in [0, 0.1) is 0 Å². The van der Waals surface area contributed by atoms with Crippen molar-refractivity contribution in [1.82, 2.24) is 4.40 Å². The van der Waals surface area contributed by atoms with Crippen LogP contribution in [0.25, 0.3) is 32.7 Å². The standard InChI is InChI=1S/C20H13N2O/c23-20-21-12-11-15-7-3-8-16(19(15)21)13-22(20)18-10-4-6-14-5-1-2-9-17(14)18/h1-13H/q+1. The number of benzene rings is 3. The third kappa shape index (κ3) is 1.64. The van der Waals surface area contributed by atoms with Crippen LogP contribution in [0.15, 0.2) is 83.9 Å². The van der Waals surface area contributed by atoms with Crippen molar-refractivity contribution in [3.8, 4) is 5.69 Å². The van der Waals surface area contributed by atoms with Gasteiger partial charge in [-0.3, -0.25) is 0 Å². The number of rotatable bonds is 1. The Bertz CT molecular complexity index is 1230. The minimum atomic E-state index is -0.0462. The maximum Gasteiger partial charge on any atom is 0.508 e. The van der Waals surface area contributed by atoms with E-state index in [0.717, 1.165) is 32.7 Å². The highest BCUT2D eigenvalue weighted by Gasteiger charge is 2.19. The van der Waals surface area contributed by atoms with E-state index in [1.54, 1.807) is 8.97 Å². The topological polar surface area (TPSA) is 25.4 Å². The molecule has 0 saturated carbocycles. The molecule has 3 nitrogen and oxygen atoms in total. The molecule has 0 bridgehead atoms. The molecule has 3 aromatic carbocycles. The van der Waals surface area contributed by atoms with Gasteiger partial charge in [0, 0.05) is 10.8 Å². The quantitative estimate of drug-likeness (QED) is 0.436. The molecular formula is C20H13N2O+. The first kappa shape index (κ1) is 12.4. The summed E-state index contributed by atoms with van der Waals surface area (Å²) in [5.41, 5.74) is 1.84. The van der Waals surface area contributed by atoms with E-state index in [9.17, 15) is 4.79 Å². The lowest BCUT2D eigenvalue weighted by molar-refractivity contribution is -0.612. The smallest absolute Gasteiger partial charge is 0.196 e. The average molecular weight is 297 g/mol. The van der Waals surface area contributed by atoms with Crippen molar-refractivity contribution in [1.29, 1.82) is 0 Å². The van der Waals surface area contributed by atoms with Crippen molar-refractivity contribution in [3.05, 3.63) is 89.6 Å². The first-order valence-corrected chi connectivity index (χ1v) is 7.59. The molecule has 0 aliphatic heterocycles. The summed E-state index contributed by atoms with van der Waals surface area (Å²) in [6, 6.07) is 22.3. The molecular weight excluding hydrogens is 284 g/mol. The Morgan fingerprint density at radius 2 is 1.48 bits per heavy atom. The zero-order chi connectivity index (χ0) is 15.4. The van der Waals surface area contributed by atoms with Crippen LogP contribution in [0.3, 0.4) is 0 Å². The zero-order valence-electron chi connectivity index (χ0n) is 12.3. The van der Waals surface area contributed by atoms with Gasteiger partial charge >= 0.3 is 5.69 Å². The third-order valence-electron chi connectivity index (χ3n) is 4.45. The number of hydrogen-bond donors (Lipinski definition) is 0.